The van der Waals surface area contributed by atoms with E-state index in [0.717, 1.165) is 61.6 Å². The van der Waals surface area contributed by atoms with Crippen LogP contribution in [0.25, 0.3) is 6.08 Å². The predicted octanol–water partition coefficient (Wildman–Crippen LogP) is 14.9. The van der Waals surface area contributed by atoms with Gasteiger partial charge in [0.25, 0.3) is 0 Å². The van der Waals surface area contributed by atoms with Gasteiger partial charge in [-0.2, -0.15) is 0 Å². The first-order valence-electron chi connectivity index (χ1n) is 26.9. The van der Waals surface area contributed by atoms with Crippen molar-refractivity contribution >= 4 is 23.7 Å². The van der Waals surface area contributed by atoms with E-state index in [1.807, 2.05) is 6.08 Å². The van der Waals surface area contributed by atoms with Crippen LogP contribution in [0, 0.1) is 18.8 Å². The van der Waals surface area contributed by atoms with Gasteiger partial charge in [0.1, 0.15) is 6.10 Å². The number of esters is 2. The lowest BCUT2D eigenvalue weighted by atomic mass is 9.60. The number of benzene rings is 6. The summed E-state index contributed by atoms with van der Waals surface area (Å²) in [5, 5.41) is 23.3. The number of rotatable bonds is 13. The molecule has 6 aromatic carbocycles. The van der Waals surface area contributed by atoms with E-state index < -0.39 is 24.1 Å². The number of ether oxygens (including phenoxy) is 1. The maximum atomic E-state index is 13.2. The molecular weight excluding hydrogens is 923 g/mol. The lowest BCUT2D eigenvalue weighted by molar-refractivity contribution is 0.0397. The van der Waals surface area contributed by atoms with E-state index in [2.05, 4.69) is 180 Å². The number of hydrogen-bond donors (Lipinski definition) is 2. The molecule has 0 heterocycles. The highest BCUT2D eigenvalue weighted by atomic mass is 16.6. The Morgan fingerprint density at radius 2 is 1.15 bits per heavy atom. The SMILES string of the molecule is Cc1ccc(C(C)(C)Cc2cc(C(O)C#Cc3ccc(C(=O)OC(=O)c4ccc(C=CC(O)c5cc(CCc6ccc(N(C)C)cc6)c6c(c5)C(C)(C)CCC6(C)C)cc4)cc3)cc3c2C(C)(C)CCC3(C)C)cc1. The van der Waals surface area contributed by atoms with Crippen molar-refractivity contribution < 1.29 is 24.5 Å². The Hall–Kier alpha value is -6.52. The minimum Gasteiger partial charge on any atom is -0.386 e. The van der Waals surface area contributed by atoms with Crippen LogP contribution in [0.4, 0.5) is 5.69 Å². The van der Waals surface area contributed by atoms with E-state index in [1.165, 1.54) is 55.8 Å². The molecule has 0 saturated carbocycles. The van der Waals surface area contributed by atoms with Gasteiger partial charge in [-0.05, 0) is 189 Å². The average molecular weight is 1000 g/mol. The monoisotopic (exact) mass is 1000 g/mol. The maximum Gasteiger partial charge on any atom is 0.346 e. The number of anilines is 1. The topological polar surface area (TPSA) is 87.1 Å². The van der Waals surface area contributed by atoms with Gasteiger partial charge in [-0.3, -0.25) is 0 Å². The first kappa shape index (κ1) is 54.7. The number of hydrogen-bond acceptors (Lipinski definition) is 6. The average Bonchev–Trinajstić information content (AvgIpc) is 3.37. The number of aliphatic hydroxyl groups excluding tert-OH is 2. The van der Waals surface area contributed by atoms with Crippen molar-refractivity contribution in [1.82, 2.24) is 0 Å². The predicted molar refractivity (Wildman–Crippen MR) is 308 cm³/mol. The van der Waals surface area contributed by atoms with E-state index in [1.54, 1.807) is 54.6 Å². The number of aliphatic hydroxyl groups is 2. The van der Waals surface area contributed by atoms with Gasteiger partial charge in [0, 0.05) is 25.3 Å². The zero-order valence-electron chi connectivity index (χ0n) is 46.9. The van der Waals surface area contributed by atoms with Crippen LogP contribution in [0.3, 0.4) is 0 Å². The third-order valence-corrected chi connectivity index (χ3v) is 16.6. The molecule has 2 aliphatic carbocycles. The van der Waals surface area contributed by atoms with Crippen LogP contribution in [0.15, 0.2) is 127 Å². The molecule has 2 N–H and O–H groups in total. The van der Waals surface area contributed by atoms with Crippen molar-refractivity contribution in [2.45, 2.75) is 160 Å². The molecule has 0 bridgehead atoms. The summed E-state index contributed by atoms with van der Waals surface area (Å²) >= 11 is 0. The summed E-state index contributed by atoms with van der Waals surface area (Å²) in [6.45, 7) is 25.4. The molecule has 6 heteroatoms. The minimum absolute atomic E-state index is 0.00788. The van der Waals surface area contributed by atoms with Gasteiger partial charge in [-0.25, -0.2) is 9.59 Å². The van der Waals surface area contributed by atoms with E-state index in [4.69, 9.17) is 4.74 Å². The molecule has 0 spiro atoms. The molecule has 6 aromatic rings. The molecule has 0 fully saturated rings. The van der Waals surface area contributed by atoms with Crippen LogP contribution < -0.4 is 4.90 Å². The van der Waals surface area contributed by atoms with Gasteiger partial charge in [-0.1, -0.05) is 172 Å². The van der Waals surface area contributed by atoms with E-state index in [0.29, 0.717) is 5.56 Å². The largest absolute Gasteiger partial charge is 0.386 e. The normalized spacial score (nSPS) is 16.9. The summed E-state index contributed by atoms with van der Waals surface area (Å²) < 4.78 is 5.31. The highest BCUT2D eigenvalue weighted by Crippen LogP contribution is 2.50. The van der Waals surface area contributed by atoms with Gasteiger partial charge in [0.2, 0.25) is 0 Å². The molecule has 0 amide bonds. The van der Waals surface area contributed by atoms with Crippen LogP contribution in [0.1, 0.15) is 200 Å². The van der Waals surface area contributed by atoms with Crippen molar-refractivity contribution in [2.75, 3.05) is 19.0 Å². The summed E-state index contributed by atoms with van der Waals surface area (Å²) in [5.74, 6) is 4.66. The lowest BCUT2D eigenvalue weighted by Crippen LogP contribution is -2.36. The van der Waals surface area contributed by atoms with Crippen LogP contribution in [0.5, 0.6) is 0 Å². The molecule has 0 saturated heterocycles. The Bertz CT molecular complexity index is 3150. The van der Waals surface area contributed by atoms with Gasteiger partial charge in [0.15, 0.2) is 0 Å². The number of carbonyl (C=O) groups excluding carboxylic acids is 2. The van der Waals surface area contributed by atoms with Gasteiger partial charge >= 0.3 is 11.9 Å². The minimum atomic E-state index is -1.03. The molecule has 2 unspecified atom stereocenters. The highest BCUT2D eigenvalue weighted by molar-refractivity contribution is 6.02. The van der Waals surface area contributed by atoms with Crippen molar-refractivity contribution in [3.63, 3.8) is 0 Å². The summed E-state index contributed by atoms with van der Waals surface area (Å²) in [7, 11) is 4.11. The van der Waals surface area contributed by atoms with E-state index in [-0.39, 0.29) is 38.2 Å². The van der Waals surface area contributed by atoms with Crippen molar-refractivity contribution in [2.24, 2.45) is 0 Å². The molecule has 0 aliphatic heterocycles. The third kappa shape index (κ3) is 12.3. The quantitative estimate of drug-likeness (QED) is 0.0681. The van der Waals surface area contributed by atoms with Crippen LogP contribution in [-0.4, -0.2) is 36.2 Å². The first-order chi connectivity index (χ1) is 35.2. The number of nitrogens with zero attached hydrogens (tertiary/aromatic N) is 1. The summed E-state index contributed by atoms with van der Waals surface area (Å²) in [6.07, 6.45) is 8.72. The number of carbonyl (C=O) groups is 2. The number of aryl methyl sites for hydroxylation is 3. The van der Waals surface area contributed by atoms with E-state index in [9.17, 15) is 19.8 Å². The van der Waals surface area contributed by atoms with Crippen LogP contribution in [-0.2, 0) is 51.1 Å². The Morgan fingerprint density at radius 1 is 0.640 bits per heavy atom. The molecule has 390 valence electrons. The molecule has 8 rings (SSSR count). The summed E-state index contributed by atoms with van der Waals surface area (Å²) in [5.41, 5.74) is 16.2. The van der Waals surface area contributed by atoms with Crippen molar-refractivity contribution in [3.8, 4) is 11.8 Å². The zero-order chi connectivity index (χ0) is 54.3. The molecule has 0 radical (unpaired) electrons. The standard InChI is InChI=1S/C69H79NO5/c1-45-14-30-55(31-15-45)69(10,11)44-54-41-53(43-58-62(54)68(8,9)39-37-66(58,4)5)60(72)35-24-47-18-27-50(28-19-47)64(74)75-63(73)49-25-16-46(17-26-49)23-34-59(71)52-40-51(29-20-48-21-32-56(33-22-48)70(12)13)61-57(42-52)65(2,3)36-38-67(61,6)7/h14-19,21-23,25-28,30-34,40-43,59-60,71-72H,20,29,36-39,44H2,1-13H3. The molecule has 0 aromatic heterocycles. The van der Waals surface area contributed by atoms with Gasteiger partial charge in [-0.15, -0.1) is 0 Å². The highest BCUT2D eigenvalue weighted by Gasteiger charge is 2.41. The second-order valence-corrected chi connectivity index (χ2v) is 25.1. The van der Waals surface area contributed by atoms with Crippen molar-refractivity contribution in [1.29, 1.82) is 0 Å². The zero-order valence-corrected chi connectivity index (χ0v) is 46.9. The molecule has 75 heavy (non-hydrogen) atoms. The number of fused-ring (bicyclic) bond motifs is 2. The Morgan fingerprint density at radius 3 is 1.71 bits per heavy atom. The molecular formula is C69H79NO5. The first-order valence-corrected chi connectivity index (χ1v) is 26.9. The fraction of sp³-hybridized carbons (Fsp3) is 0.391. The van der Waals surface area contributed by atoms with Crippen LogP contribution in [0.2, 0.25) is 0 Å². The maximum absolute atomic E-state index is 13.2. The Labute approximate surface area is 448 Å². The Balaban J connectivity index is 0.923. The smallest absolute Gasteiger partial charge is 0.346 e. The summed E-state index contributed by atoms with van der Waals surface area (Å²) in [4.78, 5) is 28.5. The second kappa shape index (κ2) is 21.2. The summed E-state index contributed by atoms with van der Waals surface area (Å²) in [6, 6.07) is 39.7. The lowest BCUT2D eigenvalue weighted by Gasteiger charge is -2.44. The third-order valence-electron chi connectivity index (χ3n) is 16.6. The molecule has 2 aliphatic rings. The van der Waals surface area contributed by atoms with Crippen molar-refractivity contribution in [3.05, 3.63) is 211 Å². The van der Waals surface area contributed by atoms with E-state index >= 15 is 0 Å². The Kier molecular flexibility index (Phi) is 15.5. The van der Waals surface area contributed by atoms with Gasteiger partial charge < -0.3 is 19.8 Å². The fourth-order valence-corrected chi connectivity index (χ4v) is 11.5. The second-order valence-electron chi connectivity index (χ2n) is 25.1. The fourth-order valence-electron chi connectivity index (χ4n) is 11.5. The van der Waals surface area contributed by atoms with Crippen LogP contribution >= 0.6 is 0 Å². The molecule has 6 nitrogen and oxygen atoms in total. The molecule has 2 atom stereocenters. The van der Waals surface area contributed by atoms with Gasteiger partial charge in [0.05, 0.1) is 17.2 Å².